The van der Waals surface area contributed by atoms with Crippen molar-refractivity contribution in [2.75, 3.05) is 33.4 Å². The topological polar surface area (TPSA) is 29.5 Å². The molecule has 1 saturated heterocycles. The van der Waals surface area contributed by atoms with Crippen LogP contribution in [0.25, 0.3) is 0 Å². The smallest absolute Gasteiger partial charge is 0.169 e. The third kappa shape index (κ3) is 4.61. The summed E-state index contributed by atoms with van der Waals surface area (Å²) in [7, 11) is 2.01. The Hall–Kier alpha value is -1.26. The van der Waals surface area contributed by atoms with E-state index in [-0.39, 0.29) is 17.3 Å². The van der Waals surface area contributed by atoms with Gasteiger partial charge >= 0.3 is 0 Å². The number of ketones is 1. The van der Waals surface area contributed by atoms with E-state index in [1.54, 1.807) is 18.2 Å². The monoisotopic (exact) mass is 293 g/mol. The van der Waals surface area contributed by atoms with Crippen molar-refractivity contribution in [2.45, 2.75) is 19.8 Å². The first-order chi connectivity index (χ1) is 10.1. The molecule has 2 unspecified atom stereocenters. The molecule has 1 aliphatic rings. The molecule has 4 heteroatoms. The number of Topliss-reactive ketones (excluding diaryl/α,β-unsaturated/α-hetero) is 1. The standard InChI is InChI=1S/C17H24FNO2/c1-13(17(20)15-7-3-4-8-16(15)18)10-19(2)11-14-6-5-9-21-12-14/h3-4,7-8,13-14H,5-6,9-12H2,1-2H3. The summed E-state index contributed by atoms with van der Waals surface area (Å²) in [5, 5.41) is 0. The Labute approximate surface area is 126 Å². The highest BCUT2D eigenvalue weighted by Gasteiger charge is 2.22. The highest BCUT2D eigenvalue weighted by molar-refractivity contribution is 5.98. The van der Waals surface area contributed by atoms with Crippen LogP contribution in [0.5, 0.6) is 0 Å². The van der Waals surface area contributed by atoms with Gasteiger partial charge in [-0.05, 0) is 37.9 Å². The molecule has 21 heavy (non-hydrogen) atoms. The van der Waals surface area contributed by atoms with Crippen LogP contribution in [0.15, 0.2) is 24.3 Å². The number of hydrogen-bond donors (Lipinski definition) is 0. The van der Waals surface area contributed by atoms with Gasteiger partial charge in [-0.2, -0.15) is 0 Å². The first kappa shape index (κ1) is 16.1. The molecule has 1 fully saturated rings. The molecule has 1 aromatic rings. The summed E-state index contributed by atoms with van der Waals surface area (Å²) in [5.74, 6) is -0.228. The van der Waals surface area contributed by atoms with E-state index in [1.807, 2.05) is 14.0 Å². The number of halogens is 1. The summed E-state index contributed by atoms with van der Waals surface area (Å²) < 4.78 is 19.1. The second-order valence-electron chi connectivity index (χ2n) is 6.05. The summed E-state index contributed by atoms with van der Waals surface area (Å²) >= 11 is 0. The van der Waals surface area contributed by atoms with E-state index in [0.717, 1.165) is 26.2 Å². The molecule has 0 bridgehead atoms. The number of carbonyl (C=O) groups is 1. The first-order valence-electron chi connectivity index (χ1n) is 7.63. The Morgan fingerprint density at radius 3 is 2.90 bits per heavy atom. The van der Waals surface area contributed by atoms with Crippen molar-refractivity contribution in [3.8, 4) is 0 Å². The number of carbonyl (C=O) groups excluding carboxylic acids is 1. The minimum absolute atomic E-state index is 0.125. The van der Waals surface area contributed by atoms with Crippen molar-refractivity contribution in [2.24, 2.45) is 11.8 Å². The van der Waals surface area contributed by atoms with E-state index in [2.05, 4.69) is 4.90 Å². The van der Waals surface area contributed by atoms with Crippen LogP contribution >= 0.6 is 0 Å². The quantitative estimate of drug-likeness (QED) is 0.755. The lowest BCUT2D eigenvalue weighted by Crippen LogP contribution is -2.35. The number of nitrogens with zero attached hydrogens (tertiary/aromatic N) is 1. The third-order valence-corrected chi connectivity index (χ3v) is 4.00. The Morgan fingerprint density at radius 1 is 1.48 bits per heavy atom. The summed E-state index contributed by atoms with van der Waals surface area (Å²) in [6.07, 6.45) is 2.29. The molecule has 0 saturated carbocycles. The van der Waals surface area contributed by atoms with E-state index < -0.39 is 5.82 Å². The van der Waals surface area contributed by atoms with Crippen LogP contribution in [0.1, 0.15) is 30.1 Å². The van der Waals surface area contributed by atoms with Crippen molar-refractivity contribution < 1.29 is 13.9 Å². The maximum atomic E-state index is 13.7. The van der Waals surface area contributed by atoms with Crippen molar-refractivity contribution >= 4 is 5.78 Å². The number of benzene rings is 1. The first-order valence-corrected chi connectivity index (χ1v) is 7.63. The minimum Gasteiger partial charge on any atom is -0.381 e. The molecule has 2 rings (SSSR count). The average molecular weight is 293 g/mol. The van der Waals surface area contributed by atoms with Gasteiger partial charge < -0.3 is 9.64 Å². The molecule has 0 N–H and O–H groups in total. The fourth-order valence-corrected chi connectivity index (χ4v) is 2.94. The third-order valence-electron chi connectivity index (χ3n) is 4.00. The van der Waals surface area contributed by atoms with Crippen LogP contribution in [-0.4, -0.2) is 44.0 Å². The molecule has 0 aliphatic carbocycles. The summed E-state index contributed by atoms with van der Waals surface area (Å²) in [5.41, 5.74) is 0.194. The molecule has 2 atom stereocenters. The van der Waals surface area contributed by atoms with Crippen molar-refractivity contribution in [1.29, 1.82) is 0 Å². The molecule has 0 spiro atoms. The van der Waals surface area contributed by atoms with Crippen LogP contribution in [0.3, 0.4) is 0 Å². The molecule has 0 aromatic heterocycles. The lowest BCUT2D eigenvalue weighted by Gasteiger charge is -2.28. The average Bonchev–Trinajstić information content (AvgIpc) is 2.48. The summed E-state index contributed by atoms with van der Waals surface area (Å²) in [6.45, 7) is 5.10. The van der Waals surface area contributed by atoms with E-state index >= 15 is 0 Å². The van der Waals surface area contributed by atoms with Crippen LogP contribution in [0.2, 0.25) is 0 Å². The number of ether oxygens (including phenoxy) is 1. The number of rotatable bonds is 6. The normalized spacial score (nSPS) is 20.5. The van der Waals surface area contributed by atoms with Crippen LogP contribution < -0.4 is 0 Å². The zero-order valence-electron chi connectivity index (χ0n) is 12.8. The fourth-order valence-electron chi connectivity index (χ4n) is 2.94. The molecule has 116 valence electrons. The maximum absolute atomic E-state index is 13.7. The zero-order chi connectivity index (χ0) is 15.2. The zero-order valence-corrected chi connectivity index (χ0v) is 12.8. The lowest BCUT2D eigenvalue weighted by molar-refractivity contribution is 0.0402. The number of hydrogen-bond acceptors (Lipinski definition) is 3. The summed E-state index contributed by atoms with van der Waals surface area (Å²) in [4.78, 5) is 14.5. The molecule has 3 nitrogen and oxygen atoms in total. The minimum atomic E-state index is -0.433. The molecule has 1 aromatic carbocycles. The molecule has 1 aliphatic heterocycles. The van der Waals surface area contributed by atoms with Crippen molar-refractivity contribution in [3.63, 3.8) is 0 Å². The molecule has 1 heterocycles. The van der Waals surface area contributed by atoms with Gasteiger partial charge in [-0.25, -0.2) is 4.39 Å². The molecular weight excluding hydrogens is 269 g/mol. The van der Waals surface area contributed by atoms with E-state index in [1.165, 1.54) is 12.5 Å². The van der Waals surface area contributed by atoms with Gasteiger partial charge in [-0.1, -0.05) is 19.1 Å². The largest absolute Gasteiger partial charge is 0.381 e. The van der Waals surface area contributed by atoms with Crippen molar-refractivity contribution in [1.82, 2.24) is 4.90 Å². The van der Waals surface area contributed by atoms with Gasteiger partial charge in [0.25, 0.3) is 0 Å². The fraction of sp³-hybridized carbons (Fsp3) is 0.588. The van der Waals surface area contributed by atoms with Gasteiger partial charge in [-0.3, -0.25) is 4.79 Å². The lowest BCUT2D eigenvalue weighted by atomic mass is 9.97. The summed E-state index contributed by atoms with van der Waals surface area (Å²) in [6, 6.07) is 6.20. The molecular formula is C17H24FNO2. The van der Waals surface area contributed by atoms with Gasteiger partial charge in [0, 0.05) is 25.6 Å². The van der Waals surface area contributed by atoms with Crippen LogP contribution in [0, 0.1) is 17.7 Å². The maximum Gasteiger partial charge on any atom is 0.169 e. The SMILES string of the molecule is CC(CN(C)CC1CCCOC1)C(=O)c1ccccc1F. The highest BCUT2D eigenvalue weighted by atomic mass is 19.1. The Bertz CT molecular complexity index is 472. The predicted molar refractivity (Wildman–Crippen MR) is 80.9 cm³/mol. The van der Waals surface area contributed by atoms with E-state index in [4.69, 9.17) is 4.74 Å². The predicted octanol–water partition coefficient (Wildman–Crippen LogP) is 3.00. The second kappa shape index (κ2) is 7.66. The second-order valence-corrected chi connectivity index (χ2v) is 6.05. The van der Waals surface area contributed by atoms with E-state index in [0.29, 0.717) is 12.5 Å². The van der Waals surface area contributed by atoms with Gasteiger partial charge in [0.05, 0.1) is 12.2 Å². The molecule has 0 amide bonds. The van der Waals surface area contributed by atoms with Crippen LogP contribution in [0.4, 0.5) is 4.39 Å². The van der Waals surface area contributed by atoms with Gasteiger partial charge in [-0.15, -0.1) is 0 Å². The van der Waals surface area contributed by atoms with Gasteiger partial charge in [0.1, 0.15) is 5.82 Å². The Kier molecular flexibility index (Phi) is 5.88. The highest BCUT2D eigenvalue weighted by Crippen LogP contribution is 2.17. The van der Waals surface area contributed by atoms with E-state index in [9.17, 15) is 9.18 Å². The Morgan fingerprint density at radius 2 is 2.24 bits per heavy atom. The van der Waals surface area contributed by atoms with Crippen molar-refractivity contribution in [3.05, 3.63) is 35.6 Å². The Balaban J connectivity index is 1.86. The van der Waals surface area contributed by atoms with Gasteiger partial charge in [0.15, 0.2) is 5.78 Å². The van der Waals surface area contributed by atoms with Crippen LogP contribution in [-0.2, 0) is 4.74 Å². The van der Waals surface area contributed by atoms with Gasteiger partial charge in [0.2, 0.25) is 0 Å². The molecule has 0 radical (unpaired) electrons.